The monoisotopic (exact) mass is 252 g/mol. The third kappa shape index (κ3) is 4.81. The van der Waals surface area contributed by atoms with Crippen molar-refractivity contribution in [3.8, 4) is 0 Å². The smallest absolute Gasteiger partial charge is 0.339 e. The van der Waals surface area contributed by atoms with E-state index in [1.165, 1.54) is 13.3 Å². The first-order valence-corrected chi connectivity index (χ1v) is 6.01. The van der Waals surface area contributed by atoms with Gasteiger partial charge in [-0.25, -0.2) is 4.79 Å². The summed E-state index contributed by atoms with van der Waals surface area (Å²) < 4.78 is 9.91. The molecule has 1 heterocycles. The Labute approximate surface area is 108 Å². The van der Waals surface area contributed by atoms with E-state index in [1.807, 2.05) is 13.0 Å². The van der Waals surface area contributed by atoms with Gasteiger partial charge in [-0.15, -0.1) is 0 Å². The van der Waals surface area contributed by atoms with Crippen molar-refractivity contribution in [2.75, 3.05) is 20.3 Å². The quantitative estimate of drug-likeness (QED) is 0.743. The standard InChI is InChI=1S/C13H20N2O3/c1-4-18-9-10(2)14-8-12-6-5-11(7-15-12)13(16)17-3/h5-7,10,14H,4,8-9H2,1-3H3. The Balaban J connectivity index is 2.41. The van der Waals surface area contributed by atoms with Crippen LogP contribution in [0.1, 0.15) is 29.9 Å². The largest absolute Gasteiger partial charge is 0.465 e. The first kappa shape index (κ1) is 14.6. The van der Waals surface area contributed by atoms with E-state index in [2.05, 4.69) is 22.0 Å². The van der Waals surface area contributed by atoms with Crippen LogP contribution in [0.15, 0.2) is 18.3 Å². The summed E-state index contributed by atoms with van der Waals surface area (Å²) in [5.41, 5.74) is 1.34. The number of nitrogens with zero attached hydrogens (tertiary/aromatic N) is 1. The van der Waals surface area contributed by atoms with Gasteiger partial charge in [0.05, 0.1) is 25.0 Å². The van der Waals surface area contributed by atoms with Crippen molar-refractivity contribution in [1.29, 1.82) is 0 Å². The molecule has 0 aliphatic heterocycles. The third-order valence-corrected chi connectivity index (χ3v) is 2.45. The van der Waals surface area contributed by atoms with Crippen LogP contribution in [0.3, 0.4) is 0 Å². The summed E-state index contributed by atoms with van der Waals surface area (Å²) in [5.74, 6) is -0.369. The molecular weight excluding hydrogens is 232 g/mol. The second-order valence-electron chi connectivity index (χ2n) is 3.97. The van der Waals surface area contributed by atoms with Crippen LogP contribution in [-0.2, 0) is 16.0 Å². The van der Waals surface area contributed by atoms with E-state index in [0.29, 0.717) is 18.7 Å². The fraction of sp³-hybridized carbons (Fsp3) is 0.538. The Morgan fingerprint density at radius 1 is 1.50 bits per heavy atom. The predicted molar refractivity (Wildman–Crippen MR) is 68.4 cm³/mol. The maximum Gasteiger partial charge on any atom is 0.339 e. The number of ether oxygens (including phenoxy) is 2. The Bertz CT molecular complexity index is 365. The summed E-state index contributed by atoms with van der Waals surface area (Å²) in [7, 11) is 1.35. The average molecular weight is 252 g/mol. The highest BCUT2D eigenvalue weighted by Gasteiger charge is 2.06. The number of rotatable bonds is 7. The third-order valence-electron chi connectivity index (χ3n) is 2.45. The van der Waals surface area contributed by atoms with Crippen LogP contribution >= 0.6 is 0 Å². The molecule has 5 heteroatoms. The normalized spacial score (nSPS) is 12.2. The second kappa shape index (κ2) is 7.79. The van der Waals surface area contributed by atoms with Crippen molar-refractivity contribution in [1.82, 2.24) is 10.3 Å². The molecular formula is C13H20N2O3. The molecule has 0 aliphatic carbocycles. The Morgan fingerprint density at radius 2 is 2.28 bits per heavy atom. The van der Waals surface area contributed by atoms with E-state index in [1.54, 1.807) is 6.07 Å². The van der Waals surface area contributed by atoms with Crippen molar-refractivity contribution < 1.29 is 14.3 Å². The number of esters is 1. The molecule has 0 spiro atoms. The fourth-order valence-electron chi connectivity index (χ4n) is 1.40. The van der Waals surface area contributed by atoms with Gasteiger partial charge in [0.15, 0.2) is 0 Å². The van der Waals surface area contributed by atoms with Crippen LogP contribution < -0.4 is 5.32 Å². The van der Waals surface area contributed by atoms with Crippen molar-refractivity contribution in [2.45, 2.75) is 26.4 Å². The minimum Gasteiger partial charge on any atom is -0.465 e. The minimum absolute atomic E-state index is 0.270. The van der Waals surface area contributed by atoms with Gasteiger partial charge < -0.3 is 14.8 Å². The zero-order chi connectivity index (χ0) is 13.4. The molecule has 0 saturated heterocycles. The van der Waals surface area contributed by atoms with E-state index < -0.39 is 0 Å². The topological polar surface area (TPSA) is 60.5 Å². The lowest BCUT2D eigenvalue weighted by atomic mass is 10.2. The van der Waals surface area contributed by atoms with Gasteiger partial charge in [-0.2, -0.15) is 0 Å². The van der Waals surface area contributed by atoms with Crippen LogP contribution in [0, 0.1) is 0 Å². The van der Waals surface area contributed by atoms with Crippen LogP contribution in [0.4, 0.5) is 0 Å². The molecule has 1 rings (SSSR count). The van der Waals surface area contributed by atoms with E-state index in [9.17, 15) is 4.79 Å². The molecule has 0 aromatic carbocycles. The van der Waals surface area contributed by atoms with Gasteiger partial charge in [-0.3, -0.25) is 4.98 Å². The van der Waals surface area contributed by atoms with Crippen molar-refractivity contribution in [3.63, 3.8) is 0 Å². The number of carbonyl (C=O) groups excluding carboxylic acids is 1. The zero-order valence-electron chi connectivity index (χ0n) is 11.1. The average Bonchev–Trinajstić information content (AvgIpc) is 2.42. The maximum atomic E-state index is 11.2. The van der Waals surface area contributed by atoms with E-state index >= 15 is 0 Å². The van der Waals surface area contributed by atoms with Crippen LogP contribution in [-0.4, -0.2) is 37.3 Å². The number of nitrogens with one attached hydrogen (secondary N) is 1. The number of aromatic nitrogens is 1. The summed E-state index contributed by atoms with van der Waals surface area (Å²) in [6, 6.07) is 3.79. The van der Waals surface area contributed by atoms with Crippen LogP contribution in [0.5, 0.6) is 0 Å². The molecule has 0 fully saturated rings. The minimum atomic E-state index is -0.369. The zero-order valence-corrected chi connectivity index (χ0v) is 11.1. The summed E-state index contributed by atoms with van der Waals surface area (Å²) in [4.78, 5) is 15.4. The first-order chi connectivity index (χ1) is 8.67. The Morgan fingerprint density at radius 3 is 2.83 bits per heavy atom. The van der Waals surface area contributed by atoms with Crippen molar-refractivity contribution in [2.24, 2.45) is 0 Å². The molecule has 5 nitrogen and oxygen atoms in total. The summed E-state index contributed by atoms with van der Waals surface area (Å²) in [5, 5.41) is 3.29. The van der Waals surface area contributed by atoms with Gasteiger partial charge >= 0.3 is 5.97 Å². The Hall–Kier alpha value is -1.46. The van der Waals surface area contributed by atoms with Gasteiger partial charge in [0.2, 0.25) is 0 Å². The molecule has 0 aliphatic rings. The highest BCUT2D eigenvalue weighted by Crippen LogP contribution is 2.02. The number of hydrogen-bond acceptors (Lipinski definition) is 5. The molecule has 0 amide bonds. The fourth-order valence-corrected chi connectivity index (χ4v) is 1.40. The van der Waals surface area contributed by atoms with Gasteiger partial charge in [0, 0.05) is 25.4 Å². The molecule has 0 radical (unpaired) electrons. The van der Waals surface area contributed by atoms with E-state index in [0.717, 1.165) is 12.3 Å². The molecule has 0 bridgehead atoms. The molecule has 0 saturated carbocycles. The Kier molecular flexibility index (Phi) is 6.32. The second-order valence-corrected chi connectivity index (χ2v) is 3.97. The lowest BCUT2D eigenvalue weighted by Crippen LogP contribution is -2.30. The van der Waals surface area contributed by atoms with E-state index in [-0.39, 0.29) is 12.0 Å². The number of methoxy groups -OCH3 is 1. The molecule has 1 unspecified atom stereocenters. The van der Waals surface area contributed by atoms with Gasteiger partial charge in [0.1, 0.15) is 0 Å². The summed E-state index contributed by atoms with van der Waals surface area (Å²) in [6.07, 6.45) is 1.52. The van der Waals surface area contributed by atoms with E-state index in [4.69, 9.17) is 4.74 Å². The first-order valence-electron chi connectivity index (χ1n) is 6.01. The summed E-state index contributed by atoms with van der Waals surface area (Å²) >= 11 is 0. The number of hydrogen-bond donors (Lipinski definition) is 1. The molecule has 1 aromatic heterocycles. The highest BCUT2D eigenvalue weighted by molar-refractivity contribution is 5.88. The molecule has 1 aromatic rings. The predicted octanol–water partition coefficient (Wildman–Crippen LogP) is 1.38. The molecule has 100 valence electrons. The lowest BCUT2D eigenvalue weighted by Gasteiger charge is -2.13. The SMILES string of the molecule is CCOCC(C)NCc1ccc(C(=O)OC)cn1. The maximum absolute atomic E-state index is 11.2. The van der Waals surface area contributed by atoms with Gasteiger partial charge in [-0.05, 0) is 26.0 Å². The van der Waals surface area contributed by atoms with Crippen LogP contribution in [0.25, 0.3) is 0 Å². The summed E-state index contributed by atoms with van der Waals surface area (Å²) in [6.45, 7) is 6.07. The van der Waals surface area contributed by atoms with Gasteiger partial charge in [-0.1, -0.05) is 0 Å². The number of pyridine rings is 1. The van der Waals surface area contributed by atoms with Crippen LogP contribution in [0.2, 0.25) is 0 Å². The van der Waals surface area contributed by atoms with Gasteiger partial charge in [0.25, 0.3) is 0 Å². The van der Waals surface area contributed by atoms with Crippen molar-refractivity contribution >= 4 is 5.97 Å². The lowest BCUT2D eigenvalue weighted by molar-refractivity contribution is 0.0600. The highest BCUT2D eigenvalue weighted by atomic mass is 16.5. The molecule has 1 atom stereocenters. The number of carbonyl (C=O) groups is 1. The molecule has 18 heavy (non-hydrogen) atoms. The van der Waals surface area contributed by atoms with Crippen molar-refractivity contribution in [3.05, 3.63) is 29.6 Å². The molecule has 1 N–H and O–H groups in total.